The summed E-state index contributed by atoms with van der Waals surface area (Å²) in [5.41, 5.74) is 0. The normalized spacial score (nSPS) is 24.2. The zero-order valence-electron chi connectivity index (χ0n) is 10.6. The summed E-state index contributed by atoms with van der Waals surface area (Å²) in [5, 5.41) is -0.341. The lowest BCUT2D eigenvalue weighted by Crippen LogP contribution is -2.33. The van der Waals surface area contributed by atoms with Gasteiger partial charge >= 0.3 is 0 Å². The molecule has 6 heteroatoms. The molecule has 0 N–H and O–H groups in total. The number of rotatable bonds is 3. The van der Waals surface area contributed by atoms with Crippen molar-refractivity contribution in [2.45, 2.75) is 37.0 Å². The maximum atomic E-state index is 13.4. The lowest BCUT2D eigenvalue weighted by atomic mass is 9.97. The molecule has 0 aliphatic heterocycles. The van der Waals surface area contributed by atoms with Gasteiger partial charge in [0.05, 0.1) is 15.8 Å². The molecule has 19 heavy (non-hydrogen) atoms. The molecule has 0 saturated heterocycles. The van der Waals surface area contributed by atoms with Crippen molar-refractivity contribution in [1.82, 2.24) is 0 Å². The molecule has 1 saturated carbocycles. The average molecular weight is 351 g/mol. The molecule has 106 valence electrons. The predicted molar refractivity (Wildman–Crippen MR) is 75.6 cm³/mol. The van der Waals surface area contributed by atoms with Crippen LogP contribution in [0.2, 0.25) is 0 Å². The summed E-state index contributed by atoms with van der Waals surface area (Å²) in [6.45, 7) is 0. The van der Waals surface area contributed by atoms with Gasteiger partial charge in [-0.3, -0.25) is 0 Å². The molecule has 0 radical (unpaired) electrons. The number of hydrogen-bond donors (Lipinski definition) is 0. The molecule has 2 unspecified atom stereocenters. The highest BCUT2D eigenvalue weighted by molar-refractivity contribution is 9.10. The van der Waals surface area contributed by atoms with Gasteiger partial charge in [0.1, 0.15) is 21.4 Å². The van der Waals surface area contributed by atoms with Crippen LogP contribution in [0.5, 0.6) is 5.75 Å². The van der Waals surface area contributed by atoms with Crippen LogP contribution in [0.3, 0.4) is 0 Å². The quantitative estimate of drug-likeness (QED) is 0.839. The second-order valence-corrected chi connectivity index (χ2v) is 8.11. The largest absolute Gasteiger partial charge is 0.490 e. The van der Waals surface area contributed by atoms with Crippen LogP contribution < -0.4 is 4.74 Å². The Labute approximate surface area is 121 Å². The van der Waals surface area contributed by atoms with Crippen molar-refractivity contribution in [2.24, 2.45) is 0 Å². The van der Waals surface area contributed by atoms with E-state index in [0.29, 0.717) is 23.1 Å². The number of benzene rings is 1. The number of ether oxygens (including phenoxy) is 1. The van der Waals surface area contributed by atoms with Crippen molar-refractivity contribution in [3.05, 3.63) is 28.5 Å². The van der Waals surface area contributed by atoms with E-state index in [4.69, 9.17) is 4.74 Å². The van der Waals surface area contributed by atoms with Gasteiger partial charge in [-0.05, 0) is 47.3 Å². The predicted octanol–water partition coefficient (Wildman–Crippen LogP) is 3.32. The molecule has 2 rings (SSSR count). The van der Waals surface area contributed by atoms with E-state index >= 15 is 0 Å². The van der Waals surface area contributed by atoms with Crippen molar-refractivity contribution < 1.29 is 17.5 Å². The van der Waals surface area contributed by atoms with E-state index in [1.54, 1.807) is 12.1 Å². The van der Waals surface area contributed by atoms with Crippen molar-refractivity contribution in [3.63, 3.8) is 0 Å². The van der Waals surface area contributed by atoms with Crippen LogP contribution in [0.1, 0.15) is 25.7 Å². The van der Waals surface area contributed by atoms with E-state index in [1.165, 1.54) is 12.3 Å². The molecule has 2 atom stereocenters. The Morgan fingerprint density at radius 3 is 2.74 bits per heavy atom. The number of halogens is 2. The van der Waals surface area contributed by atoms with Crippen LogP contribution in [0.25, 0.3) is 0 Å². The first-order valence-corrected chi connectivity index (χ1v) is 8.91. The Bertz CT molecular complexity index is 559. The third-order valence-corrected chi connectivity index (χ3v) is 5.66. The summed E-state index contributed by atoms with van der Waals surface area (Å²) in [6, 6.07) is 4.58. The summed E-state index contributed by atoms with van der Waals surface area (Å²) in [5.74, 6) is 0.0628. The highest BCUT2D eigenvalue weighted by Gasteiger charge is 2.29. The van der Waals surface area contributed by atoms with Crippen molar-refractivity contribution in [1.29, 1.82) is 0 Å². The van der Waals surface area contributed by atoms with Gasteiger partial charge in [-0.1, -0.05) is 0 Å². The standard InChI is InChI=1S/C13H16BrFO3S/c1-19(16,17)11-4-2-3-9(7-11)18-10-5-6-12(14)13(15)8-10/h5-6,8-9,11H,2-4,7H2,1H3. The number of hydrogen-bond acceptors (Lipinski definition) is 3. The Morgan fingerprint density at radius 2 is 2.11 bits per heavy atom. The number of sulfone groups is 1. The zero-order valence-corrected chi connectivity index (χ0v) is 13.0. The Hall–Kier alpha value is -0.620. The van der Waals surface area contributed by atoms with Crippen molar-refractivity contribution in [2.75, 3.05) is 6.26 Å². The summed E-state index contributed by atoms with van der Waals surface area (Å²) in [6.07, 6.45) is 3.91. The maximum absolute atomic E-state index is 13.4. The van der Waals surface area contributed by atoms with E-state index in [-0.39, 0.29) is 17.2 Å². The molecular weight excluding hydrogens is 335 g/mol. The lowest BCUT2D eigenvalue weighted by Gasteiger charge is -2.28. The molecule has 3 nitrogen and oxygen atoms in total. The second kappa shape index (κ2) is 5.79. The smallest absolute Gasteiger partial charge is 0.150 e. The molecule has 1 fully saturated rings. The molecular formula is C13H16BrFO3S. The first kappa shape index (κ1) is 14.8. The molecule has 0 heterocycles. The first-order chi connectivity index (χ1) is 8.86. The molecule has 0 bridgehead atoms. The summed E-state index contributed by atoms with van der Waals surface area (Å²) >= 11 is 3.08. The van der Waals surface area contributed by atoms with Gasteiger partial charge in [0.2, 0.25) is 0 Å². The fourth-order valence-electron chi connectivity index (χ4n) is 2.34. The van der Waals surface area contributed by atoms with Crippen LogP contribution >= 0.6 is 15.9 Å². The van der Waals surface area contributed by atoms with Crippen LogP contribution in [0, 0.1) is 5.82 Å². The summed E-state index contributed by atoms with van der Waals surface area (Å²) in [7, 11) is -3.03. The van der Waals surface area contributed by atoms with Crippen LogP contribution in [-0.4, -0.2) is 26.0 Å². The molecule has 0 spiro atoms. The minimum Gasteiger partial charge on any atom is -0.490 e. The average Bonchev–Trinajstić information content (AvgIpc) is 2.33. The van der Waals surface area contributed by atoms with Gasteiger partial charge in [-0.15, -0.1) is 0 Å². The third kappa shape index (κ3) is 3.92. The maximum Gasteiger partial charge on any atom is 0.150 e. The third-order valence-electron chi connectivity index (χ3n) is 3.38. The van der Waals surface area contributed by atoms with E-state index in [9.17, 15) is 12.8 Å². The Morgan fingerprint density at radius 1 is 1.37 bits per heavy atom. The van der Waals surface area contributed by atoms with E-state index in [0.717, 1.165) is 12.8 Å². The second-order valence-electron chi connectivity index (χ2n) is 4.93. The molecule has 1 aliphatic rings. The Kier molecular flexibility index (Phi) is 4.50. The van der Waals surface area contributed by atoms with E-state index < -0.39 is 9.84 Å². The fraction of sp³-hybridized carbons (Fsp3) is 0.538. The van der Waals surface area contributed by atoms with Crippen molar-refractivity contribution >= 4 is 25.8 Å². The van der Waals surface area contributed by atoms with Gasteiger partial charge in [-0.25, -0.2) is 12.8 Å². The highest BCUT2D eigenvalue weighted by atomic mass is 79.9. The fourth-order valence-corrected chi connectivity index (χ4v) is 3.75. The lowest BCUT2D eigenvalue weighted by molar-refractivity contribution is 0.155. The van der Waals surface area contributed by atoms with E-state index in [1.807, 2.05) is 0 Å². The van der Waals surface area contributed by atoms with Gasteiger partial charge in [0, 0.05) is 18.7 Å². The van der Waals surface area contributed by atoms with E-state index in [2.05, 4.69) is 15.9 Å². The van der Waals surface area contributed by atoms with Crippen LogP contribution in [0.4, 0.5) is 4.39 Å². The van der Waals surface area contributed by atoms with Gasteiger partial charge < -0.3 is 4.74 Å². The van der Waals surface area contributed by atoms with Gasteiger partial charge in [-0.2, -0.15) is 0 Å². The van der Waals surface area contributed by atoms with Gasteiger partial charge in [0.25, 0.3) is 0 Å². The molecule has 1 aliphatic carbocycles. The van der Waals surface area contributed by atoms with Crippen LogP contribution in [-0.2, 0) is 9.84 Å². The minimum absolute atomic E-state index is 0.158. The molecule has 1 aromatic carbocycles. The molecule has 0 amide bonds. The highest BCUT2D eigenvalue weighted by Crippen LogP contribution is 2.28. The minimum atomic E-state index is -3.03. The van der Waals surface area contributed by atoms with Crippen LogP contribution in [0.15, 0.2) is 22.7 Å². The topological polar surface area (TPSA) is 43.4 Å². The molecule has 0 aromatic heterocycles. The zero-order chi connectivity index (χ0) is 14.0. The summed E-state index contributed by atoms with van der Waals surface area (Å²) < 4.78 is 42.6. The van der Waals surface area contributed by atoms with Gasteiger partial charge in [0.15, 0.2) is 0 Å². The van der Waals surface area contributed by atoms with Crippen molar-refractivity contribution in [3.8, 4) is 5.75 Å². The monoisotopic (exact) mass is 350 g/mol. The summed E-state index contributed by atoms with van der Waals surface area (Å²) in [4.78, 5) is 0. The Balaban J connectivity index is 2.04. The first-order valence-electron chi connectivity index (χ1n) is 6.17. The molecule has 1 aromatic rings. The SMILES string of the molecule is CS(=O)(=O)C1CCCC(Oc2ccc(Br)c(F)c2)C1.